The molecule has 36 heavy (non-hydrogen) atoms. The molecule has 0 radical (unpaired) electrons. The first-order valence-corrected chi connectivity index (χ1v) is 12.6. The smallest absolute Gasteiger partial charge is 0.295 e. The molecular formula is C29H31N5O2. The van der Waals surface area contributed by atoms with E-state index in [0.717, 1.165) is 30.5 Å². The van der Waals surface area contributed by atoms with Gasteiger partial charge in [0.1, 0.15) is 5.52 Å². The number of piperidine rings is 1. The van der Waals surface area contributed by atoms with Crippen molar-refractivity contribution >= 4 is 28.6 Å². The summed E-state index contributed by atoms with van der Waals surface area (Å²) >= 11 is 0. The standard InChI is InChI=1S/C29H31N5O2/c1-3-21-12-14-24(15-13-21)31-28(35)23-6-5-17-33(19-23)27-29(36)34(18-22-10-8-20(2)9-11-22)26-25(32-27)7-4-16-30-26/h4,7-16,23H,3,5-6,17-19H2,1-2H3,(H,31,35). The van der Waals surface area contributed by atoms with Crippen molar-refractivity contribution in [3.63, 3.8) is 0 Å². The lowest BCUT2D eigenvalue weighted by Crippen LogP contribution is -2.44. The highest BCUT2D eigenvalue weighted by atomic mass is 16.2. The second-order valence-electron chi connectivity index (χ2n) is 9.48. The Hall–Kier alpha value is -4.00. The number of nitrogens with zero attached hydrogens (tertiary/aromatic N) is 4. The van der Waals surface area contributed by atoms with E-state index in [9.17, 15) is 9.59 Å². The van der Waals surface area contributed by atoms with Gasteiger partial charge in [-0.3, -0.25) is 14.2 Å². The van der Waals surface area contributed by atoms with Crippen LogP contribution in [0.2, 0.25) is 0 Å². The summed E-state index contributed by atoms with van der Waals surface area (Å²) in [4.78, 5) is 37.9. The van der Waals surface area contributed by atoms with Crippen LogP contribution < -0.4 is 15.8 Å². The minimum absolute atomic E-state index is 0.0219. The van der Waals surface area contributed by atoms with E-state index >= 15 is 0 Å². The van der Waals surface area contributed by atoms with Crippen LogP contribution in [0.5, 0.6) is 0 Å². The van der Waals surface area contributed by atoms with Crippen molar-refractivity contribution in [1.29, 1.82) is 0 Å². The Labute approximate surface area is 210 Å². The summed E-state index contributed by atoms with van der Waals surface area (Å²) in [7, 11) is 0. The molecular weight excluding hydrogens is 450 g/mol. The number of carbonyl (C=O) groups excluding carboxylic acids is 1. The summed E-state index contributed by atoms with van der Waals surface area (Å²) in [6.45, 7) is 5.70. The number of benzene rings is 2. The minimum atomic E-state index is -0.221. The second kappa shape index (κ2) is 10.3. The summed E-state index contributed by atoms with van der Waals surface area (Å²) < 4.78 is 1.70. The lowest BCUT2D eigenvalue weighted by Gasteiger charge is -2.32. The van der Waals surface area contributed by atoms with Crippen LogP contribution >= 0.6 is 0 Å². The zero-order valence-electron chi connectivity index (χ0n) is 20.8. The maximum Gasteiger partial charge on any atom is 0.295 e. The Morgan fingerprint density at radius 1 is 1.06 bits per heavy atom. The fourth-order valence-corrected chi connectivity index (χ4v) is 4.74. The monoisotopic (exact) mass is 481 g/mol. The Kier molecular flexibility index (Phi) is 6.80. The van der Waals surface area contributed by atoms with Gasteiger partial charge in [0.25, 0.3) is 5.56 Å². The van der Waals surface area contributed by atoms with Crippen LogP contribution in [0.3, 0.4) is 0 Å². The van der Waals surface area contributed by atoms with E-state index in [0.29, 0.717) is 36.6 Å². The van der Waals surface area contributed by atoms with Crippen LogP contribution in [0.25, 0.3) is 11.2 Å². The van der Waals surface area contributed by atoms with Gasteiger partial charge in [-0.05, 0) is 61.6 Å². The van der Waals surface area contributed by atoms with Crippen molar-refractivity contribution in [3.05, 3.63) is 93.9 Å². The maximum absolute atomic E-state index is 13.7. The van der Waals surface area contributed by atoms with Gasteiger partial charge in [0.15, 0.2) is 11.5 Å². The predicted octanol–water partition coefficient (Wildman–Crippen LogP) is 4.57. The normalized spacial score (nSPS) is 15.7. The van der Waals surface area contributed by atoms with Crippen LogP contribution in [-0.2, 0) is 17.8 Å². The van der Waals surface area contributed by atoms with E-state index in [1.54, 1.807) is 10.8 Å². The molecule has 1 atom stereocenters. The topological polar surface area (TPSA) is 80.1 Å². The average molecular weight is 482 g/mol. The fourth-order valence-electron chi connectivity index (χ4n) is 4.74. The zero-order valence-corrected chi connectivity index (χ0v) is 20.8. The minimum Gasteiger partial charge on any atom is -0.351 e. The number of hydrogen-bond acceptors (Lipinski definition) is 5. The average Bonchev–Trinajstić information content (AvgIpc) is 2.91. The van der Waals surface area contributed by atoms with Crippen LogP contribution in [0, 0.1) is 12.8 Å². The number of carbonyl (C=O) groups is 1. The molecule has 0 saturated carbocycles. The van der Waals surface area contributed by atoms with Crippen LogP contribution in [0.4, 0.5) is 11.5 Å². The molecule has 7 heteroatoms. The fraction of sp³-hybridized carbons (Fsp3) is 0.310. The van der Waals surface area contributed by atoms with Gasteiger partial charge in [0, 0.05) is 25.0 Å². The van der Waals surface area contributed by atoms with Crippen molar-refractivity contribution in [2.24, 2.45) is 5.92 Å². The van der Waals surface area contributed by atoms with Crippen molar-refractivity contribution in [2.45, 2.75) is 39.7 Å². The molecule has 1 N–H and O–H groups in total. The molecule has 1 saturated heterocycles. The second-order valence-corrected chi connectivity index (χ2v) is 9.48. The molecule has 1 fully saturated rings. The van der Waals surface area contributed by atoms with Gasteiger partial charge in [0.2, 0.25) is 5.91 Å². The quantitative estimate of drug-likeness (QED) is 0.437. The number of hydrogen-bond donors (Lipinski definition) is 1. The van der Waals surface area contributed by atoms with Crippen molar-refractivity contribution in [3.8, 4) is 0 Å². The van der Waals surface area contributed by atoms with E-state index in [1.165, 1.54) is 11.1 Å². The van der Waals surface area contributed by atoms with Gasteiger partial charge in [-0.2, -0.15) is 0 Å². The molecule has 184 valence electrons. The number of amides is 1. The first-order valence-electron chi connectivity index (χ1n) is 12.6. The molecule has 2 aromatic heterocycles. The molecule has 5 rings (SSSR count). The Morgan fingerprint density at radius 3 is 2.56 bits per heavy atom. The third-order valence-electron chi connectivity index (χ3n) is 6.87. The summed E-state index contributed by atoms with van der Waals surface area (Å²) in [5.41, 5.74) is 5.27. The molecule has 0 spiro atoms. The number of aryl methyl sites for hydroxylation is 2. The molecule has 4 aromatic rings. The number of aromatic nitrogens is 3. The van der Waals surface area contributed by atoms with Gasteiger partial charge in [-0.15, -0.1) is 0 Å². The zero-order chi connectivity index (χ0) is 25.1. The van der Waals surface area contributed by atoms with Gasteiger partial charge < -0.3 is 10.2 Å². The maximum atomic E-state index is 13.7. The van der Waals surface area contributed by atoms with E-state index < -0.39 is 0 Å². The number of anilines is 2. The molecule has 0 bridgehead atoms. The summed E-state index contributed by atoms with van der Waals surface area (Å²) in [6, 6.07) is 19.8. The number of nitrogens with one attached hydrogen (secondary N) is 1. The summed E-state index contributed by atoms with van der Waals surface area (Å²) in [5, 5.41) is 3.05. The Morgan fingerprint density at radius 2 is 1.81 bits per heavy atom. The molecule has 0 aliphatic carbocycles. The van der Waals surface area contributed by atoms with Gasteiger partial charge in [-0.1, -0.05) is 48.9 Å². The number of rotatable bonds is 6. The number of fused-ring (bicyclic) bond motifs is 1. The van der Waals surface area contributed by atoms with E-state index in [4.69, 9.17) is 4.98 Å². The Bertz CT molecular complexity index is 1430. The summed E-state index contributed by atoms with van der Waals surface area (Å²) in [5.74, 6) is 0.139. The van der Waals surface area contributed by atoms with E-state index in [2.05, 4.69) is 17.2 Å². The highest BCUT2D eigenvalue weighted by Gasteiger charge is 2.29. The number of pyridine rings is 1. The highest BCUT2D eigenvalue weighted by molar-refractivity contribution is 5.93. The SMILES string of the molecule is CCc1ccc(NC(=O)C2CCCN(c3nc4cccnc4n(Cc4ccc(C)cc4)c3=O)C2)cc1. The lowest BCUT2D eigenvalue weighted by atomic mass is 9.97. The van der Waals surface area contributed by atoms with Crippen molar-refractivity contribution < 1.29 is 4.79 Å². The molecule has 1 aliphatic rings. The molecule has 1 amide bonds. The first-order chi connectivity index (χ1) is 17.5. The highest BCUT2D eigenvalue weighted by Crippen LogP contribution is 2.23. The van der Waals surface area contributed by atoms with Crippen molar-refractivity contribution in [1.82, 2.24) is 14.5 Å². The summed E-state index contributed by atoms with van der Waals surface area (Å²) in [6.07, 6.45) is 4.24. The van der Waals surface area contributed by atoms with Crippen LogP contribution in [-0.4, -0.2) is 33.5 Å². The predicted molar refractivity (Wildman–Crippen MR) is 143 cm³/mol. The molecule has 1 aliphatic heterocycles. The van der Waals surface area contributed by atoms with Crippen LogP contribution in [0.1, 0.15) is 36.5 Å². The first kappa shape index (κ1) is 23.7. The molecule has 3 heterocycles. The van der Waals surface area contributed by atoms with Gasteiger partial charge >= 0.3 is 0 Å². The molecule has 2 aromatic carbocycles. The molecule has 7 nitrogen and oxygen atoms in total. The third-order valence-corrected chi connectivity index (χ3v) is 6.87. The van der Waals surface area contributed by atoms with Crippen molar-refractivity contribution in [2.75, 3.05) is 23.3 Å². The molecule has 1 unspecified atom stereocenters. The lowest BCUT2D eigenvalue weighted by molar-refractivity contribution is -0.120. The van der Waals surface area contributed by atoms with Gasteiger partial charge in [-0.25, -0.2) is 9.97 Å². The van der Waals surface area contributed by atoms with E-state index in [-0.39, 0.29) is 17.4 Å². The largest absolute Gasteiger partial charge is 0.351 e. The van der Waals surface area contributed by atoms with E-state index in [1.807, 2.05) is 72.5 Å². The van der Waals surface area contributed by atoms with Gasteiger partial charge in [0.05, 0.1) is 12.5 Å². The third kappa shape index (κ3) is 5.00. The van der Waals surface area contributed by atoms with Crippen LogP contribution in [0.15, 0.2) is 71.7 Å². The Balaban J connectivity index is 1.42.